The van der Waals surface area contributed by atoms with Crippen LogP contribution in [0.3, 0.4) is 0 Å². The number of amides is 1. The summed E-state index contributed by atoms with van der Waals surface area (Å²) in [7, 11) is 0. The summed E-state index contributed by atoms with van der Waals surface area (Å²) in [5.74, 6) is -0.153. The first-order chi connectivity index (χ1) is 10.3. The first-order valence-electron chi connectivity index (χ1n) is 6.45. The summed E-state index contributed by atoms with van der Waals surface area (Å²) < 4.78 is 0. The molecule has 0 aliphatic carbocycles. The predicted octanol–water partition coefficient (Wildman–Crippen LogP) is 4.14. The number of thiazole rings is 1. The first kappa shape index (κ1) is 13.3. The minimum Gasteiger partial charge on any atom is -0.332 e. The molecule has 2 aromatic carbocycles. The third-order valence-corrected chi connectivity index (χ3v) is 3.70. The topological polar surface area (TPSA) is 54.0 Å². The molecule has 5 heteroatoms. The molecule has 3 aromatic rings. The van der Waals surface area contributed by atoms with Gasteiger partial charge in [0.2, 0.25) is 0 Å². The van der Waals surface area contributed by atoms with Gasteiger partial charge in [-0.15, -0.1) is 0 Å². The number of benzene rings is 2. The fourth-order valence-corrected chi connectivity index (χ4v) is 2.53. The van der Waals surface area contributed by atoms with Gasteiger partial charge >= 0.3 is 0 Å². The molecule has 21 heavy (non-hydrogen) atoms. The van der Waals surface area contributed by atoms with E-state index in [4.69, 9.17) is 0 Å². The Morgan fingerprint density at radius 1 is 0.905 bits per heavy atom. The molecular formula is C16H13N3OS. The first-order valence-corrected chi connectivity index (χ1v) is 7.27. The number of para-hydroxylation sites is 2. The van der Waals surface area contributed by atoms with Crippen molar-refractivity contribution in [3.8, 4) is 0 Å². The van der Waals surface area contributed by atoms with Gasteiger partial charge in [-0.05, 0) is 24.3 Å². The molecule has 0 radical (unpaired) electrons. The van der Waals surface area contributed by atoms with Crippen LogP contribution in [-0.4, -0.2) is 10.9 Å². The number of hydrogen-bond acceptors (Lipinski definition) is 4. The molecule has 0 saturated carbocycles. The summed E-state index contributed by atoms with van der Waals surface area (Å²) in [5, 5.41) is 6.70. The van der Waals surface area contributed by atoms with Crippen LogP contribution in [-0.2, 0) is 0 Å². The van der Waals surface area contributed by atoms with Crippen LogP contribution in [0.15, 0.2) is 66.9 Å². The van der Waals surface area contributed by atoms with E-state index in [9.17, 15) is 4.79 Å². The van der Waals surface area contributed by atoms with Crippen molar-refractivity contribution in [1.29, 1.82) is 0 Å². The molecule has 104 valence electrons. The molecule has 0 saturated heterocycles. The van der Waals surface area contributed by atoms with Gasteiger partial charge in [0.05, 0.1) is 6.20 Å². The normalized spacial score (nSPS) is 10.1. The second-order valence-electron chi connectivity index (χ2n) is 4.34. The number of nitrogens with one attached hydrogen (secondary N) is 2. The molecule has 4 nitrogen and oxygen atoms in total. The molecule has 0 bridgehead atoms. The summed E-state index contributed by atoms with van der Waals surface area (Å²) in [5.41, 5.74) is 1.72. The predicted molar refractivity (Wildman–Crippen MR) is 86.2 cm³/mol. The average molecular weight is 295 g/mol. The number of hydrogen-bond donors (Lipinski definition) is 2. The van der Waals surface area contributed by atoms with Crippen molar-refractivity contribution in [2.75, 3.05) is 10.6 Å². The third kappa shape index (κ3) is 3.46. The fraction of sp³-hybridized carbons (Fsp3) is 0. The zero-order valence-corrected chi connectivity index (χ0v) is 11.9. The highest BCUT2D eigenvalue weighted by Gasteiger charge is 2.10. The highest BCUT2D eigenvalue weighted by atomic mass is 32.1. The maximum Gasteiger partial charge on any atom is 0.267 e. The van der Waals surface area contributed by atoms with Gasteiger partial charge < -0.3 is 10.6 Å². The molecule has 0 unspecified atom stereocenters. The fourth-order valence-electron chi connectivity index (χ4n) is 1.80. The monoisotopic (exact) mass is 295 g/mol. The lowest BCUT2D eigenvalue weighted by Crippen LogP contribution is -2.09. The third-order valence-electron chi connectivity index (χ3n) is 2.79. The van der Waals surface area contributed by atoms with Crippen molar-refractivity contribution in [2.24, 2.45) is 0 Å². The number of carbonyl (C=O) groups is 1. The van der Waals surface area contributed by atoms with Crippen LogP contribution in [0.1, 0.15) is 9.67 Å². The maximum atomic E-state index is 12.1. The van der Waals surface area contributed by atoms with E-state index in [1.54, 1.807) is 6.20 Å². The second kappa shape index (κ2) is 6.19. The Labute approximate surface area is 126 Å². The lowest BCUT2D eigenvalue weighted by molar-refractivity contribution is 0.103. The van der Waals surface area contributed by atoms with Gasteiger partial charge in [0.1, 0.15) is 4.88 Å². The van der Waals surface area contributed by atoms with Gasteiger partial charge in [0, 0.05) is 11.4 Å². The molecule has 0 atom stereocenters. The van der Waals surface area contributed by atoms with Crippen LogP contribution in [0.4, 0.5) is 16.5 Å². The number of carbonyl (C=O) groups excluding carboxylic acids is 1. The van der Waals surface area contributed by atoms with E-state index in [-0.39, 0.29) is 5.91 Å². The lowest BCUT2D eigenvalue weighted by Gasteiger charge is -2.02. The minimum absolute atomic E-state index is 0.153. The SMILES string of the molecule is O=C(Nc1ccccc1)c1cnc(Nc2ccccc2)s1. The second-order valence-corrected chi connectivity index (χ2v) is 5.37. The standard InChI is InChI=1S/C16H13N3OS/c20-15(18-12-7-3-1-4-8-12)14-11-17-16(21-14)19-13-9-5-2-6-10-13/h1-11H,(H,17,19)(H,18,20). The summed E-state index contributed by atoms with van der Waals surface area (Å²) in [6, 6.07) is 19.1. The molecular weight excluding hydrogens is 282 g/mol. The molecule has 0 fully saturated rings. The van der Waals surface area contributed by atoms with Crippen LogP contribution in [0.2, 0.25) is 0 Å². The van der Waals surface area contributed by atoms with Crippen LogP contribution >= 0.6 is 11.3 Å². The molecule has 0 aliphatic heterocycles. The Kier molecular flexibility index (Phi) is 3.93. The summed E-state index contributed by atoms with van der Waals surface area (Å²) in [6.45, 7) is 0. The van der Waals surface area contributed by atoms with E-state index >= 15 is 0 Å². The number of anilines is 3. The van der Waals surface area contributed by atoms with Crippen LogP contribution in [0.5, 0.6) is 0 Å². The molecule has 0 aliphatic rings. The maximum absolute atomic E-state index is 12.1. The molecule has 1 amide bonds. The van der Waals surface area contributed by atoms with E-state index in [1.165, 1.54) is 11.3 Å². The van der Waals surface area contributed by atoms with Crippen molar-refractivity contribution in [2.45, 2.75) is 0 Å². The zero-order valence-electron chi connectivity index (χ0n) is 11.1. The van der Waals surface area contributed by atoms with Gasteiger partial charge in [-0.2, -0.15) is 0 Å². The largest absolute Gasteiger partial charge is 0.332 e. The van der Waals surface area contributed by atoms with E-state index in [2.05, 4.69) is 15.6 Å². The van der Waals surface area contributed by atoms with E-state index < -0.39 is 0 Å². The van der Waals surface area contributed by atoms with Crippen molar-refractivity contribution in [3.63, 3.8) is 0 Å². The number of rotatable bonds is 4. The molecule has 2 N–H and O–H groups in total. The van der Waals surface area contributed by atoms with Crippen LogP contribution in [0.25, 0.3) is 0 Å². The molecule has 0 spiro atoms. The number of nitrogens with zero attached hydrogens (tertiary/aromatic N) is 1. The van der Waals surface area contributed by atoms with Crippen molar-refractivity contribution >= 4 is 33.8 Å². The van der Waals surface area contributed by atoms with Crippen LogP contribution in [0, 0.1) is 0 Å². The van der Waals surface area contributed by atoms with Crippen molar-refractivity contribution < 1.29 is 4.79 Å². The van der Waals surface area contributed by atoms with E-state index in [1.807, 2.05) is 60.7 Å². The molecule has 1 aromatic heterocycles. The van der Waals surface area contributed by atoms with E-state index in [0.717, 1.165) is 11.4 Å². The Morgan fingerprint density at radius 2 is 1.52 bits per heavy atom. The Bertz CT molecular complexity index is 726. The molecule has 3 rings (SSSR count). The van der Waals surface area contributed by atoms with Gasteiger partial charge in [0.15, 0.2) is 5.13 Å². The van der Waals surface area contributed by atoms with E-state index in [0.29, 0.717) is 10.0 Å². The summed E-state index contributed by atoms with van der Waals surface area (Å²) in [6.07, 6.45) is 1.58. The quantitative estimate of drug-likeness (QED) is 0.760. The lowest BCUT2D eigenvalue weighted by atomic mass is 10.3. The van der Waals surface area contributed by atoms with Gasteiger partial charge in [-0.25, -0.2) is 4.98 Å². The summed E-state index contributed by atoms with van der Waals surface area (Å²) >= 11 is 1.32. The van der Waals surface area contributed by atoms with Gasteiger partial charge in [-0.1, -0.05) is 47.7 Å². The van der Waals surface area contributed by atoms with Gasteiger partial charge in [0.25, 0.3) is 5.91 Å². The Morgan fingerprint density at radius 3 is 2.19 bits per heavy atom. The highest BCUT2D eigenvalue weighted by molar-refractivity contribution is 7.17. The Balaban J connectivity index is 1.68. The Hall–Kier alpha value is -2.66. The van der Waals surface area contributed by atoms with Crippen LogP contribution < -0.4 is 10.6 Å². The molecule has 1 heterocycles. The highest BCUT2D eigenvalue weighted by Crippen LogP contribution is 2.23. The number of aromatic nitrogens is 1. The van der Waals surface area contributed by atoms with Crippen molar-refractivity contribution in [1.82, 2.24) is 4.98 Å². The zero-order chi connectivity index (χ0) is 14.5. The van der Waals surface area contributed by atoms with Gasteiger partial charge in [-0.3, -0.25) is 4.79 Å². The van der Waals surface area contributed by atoms with Crippen molar-refractivity contribution in [3.05, 3.63) is 71.7 Å². The smallest absolute Gasteiger partial charge is 0.267 e. The summed E-state index contributed by atoms with van der Waals surface area (Å²) in [4.78, 5) is 16.9. The minimum atomic E-state index is -0.153. The average Bonchev–Trinajstić information content (AvgIpc) is 2.98.